The first-order chi connectivity index (χ1) is 8.19. The van der Waals surface area contributed by atoms with Gasteiger partial charge in [-0.1, -0.05) is 13.8 Å². The normalized spacial score (nSPS) is 29.4. The Hall–Kier alpha value is -0.810. The van der Waals surface area contributed by atoms with Crippen molar-refractivity contribution in [1.82, 2.24) is 10.7 Å². The number of aliphatic imine (C=N–C) groups is 1. The largest absolute Gasteiger partial charge is 0.385 e. The maximum atomic E-state index is 5.47. The van der Waals surface area contributed by atoms with Crippen LogP contribution >= 0.6 is 0 Å². The summed E-state index contributed by atoms with van der Waals surface area (Å²) < 4.78 is 4.98. The lowest BCUT2D eigenvalue weighted by molar-refractivity contribution is 0.197. The van der Waals surface area contributed by atoms with Crippen LogP contribution in [0.4, 0.5) is 0 Å². The van der Waals surface area contributed by atoms with Crippen molar-refractivity contribution in [3.05, 3.63) is 0 Å². The van der Waals surface area contributed by atoms with Crippen molar-refractivity contribution in [3.8, 4) is 0 Å². The molecule has 0 aromatic heterocycles. The minimum atomic E-state index is 0.488. The molecule has 0 bridgehead atoms. The van der Waals surface area contributed by atoms with Gasteiger partial charge in [0.15, 0.2) is 0 Å². The summed E-state index contributed by atoms with van der Waals surface area (Å²) in [5, 5.41) is 3.40. The molecule has 1 rings (SSSR count). The number of guanidine groups is 1. The fraction of sp³-hybridized carbons (Fsp3) is 0.917. The minimum Gasteiger partial charge on any atom is -0.385 e. The van der Waals surface area contributed by atoms with Gasteiger partial charge in [-0.3, -0.25) is 10.4 Å². The lowest BCUT2D eigenvalue weighted by Crippen LogP contribution is -2.47. The molecular weight excluding hydrogens is 216 g/mol. The third kappa shape index (κ3) is 4.52. The summed E-state index contributed by atoms with van der Waals surface area (Å²) in [5.41, 5.74) is 2.64. The van der Waals surface area contributed by atoms with E-state index in [9.17, 15) is 0 Å². The van der Waals surface area contributed by atoms with Crippen LogP contribution in [0.15, 0.2) is 4.99 Å². The third-order valence-corrected chi connectivity index (χ3v) is 3.70. The summed E-state index contributed by atoms with van der Waals surface area (Å²) in [6.45, 7) is 6.06. The van der Waals surface area contributed by atoms with E-state index in [0.717, 1.165) is 25.5 Å². The average Bonchev–Trinajstić information content (AvgIpc) is 2.64. The van der Waals surface area contributed by atoms with E-state index in [2.05, 4.69) is 29.6 Å². The average molecular weight is 242 g/mol. The Morgan fingerprint density at radius 3 is 2.71 bits per heavy atom. The number of nitrogens with one attached hydrogen (secondary N) is 2. The molecule has 5 heteroatoms. The quantitative estimate of drug-likeness (QED) is 0.220. The predicted molar refractivity (Wildman–Crippen MR) is 70.6 cm³/mol. The van der Waals surface area contributed by atoms with Gasteiger partial charge in [0.25, 0.3) is 0 Å². The number of hydrazine groups is 1. The molecule has 0 aromatic rings. The molecule has 17 heavy (non-hydrogen) atoms. The van der Waals surface area contributed by atoms with E-state index in [1.54, 1.807) is 7.11 Å². The molecule has 0 aromatic carbocycles. The predicted octanol–water partition coefficient (Wildman–Crippen LogP) is 0.866. The summed E-state index contributed by atoms with van der Waals surface area (Å²) in [5.74, 6) is 7.62. The molecule has 0 radical (unpaired) electrons. The molecule has 0 spiro atoms. The molecular formula is C12H26N4O. The smallest absolute Gasteiger partial charge is 0.205 e. The highest BCUT2D eigenvalue weighted by molar-refractivity contribution is 5.79. The van der Waals surface area contributed by atoms with Crippen molar-refractivity contribution in [3.63, 3.8) is 0 Å². The molecule has 1 saturated carbocycles. The molecule has 1 fully saturated rings. The van der Waals surface area contributed by atoms with Gasteiger partial charge >= 0.3 is 0 Å². The number of nitrogens with two attached hydrogens (primary N) is 1. The van der Waals surface area contributed by atoms with E-state index in [1.165, 1.54) is 12.8 Å². The van der Waals surface area contributed by atoms with Gasteiger partial charge < -0.3 is 10.1 Å². The molecule has 5 nitrogen and oxygen atoms in total. The van der Waals surface area contributed by atoms with Crippen LogP contribution < -0.4 is 16.6 Å². The Bertz CT molecular complexity index is 245. The molecule has 0 saturated heterocycles. The maximum absolute atomic E-state index is 5.47. The second kappa shape index (κ2) is 7.50. The Kier molecular flexibility index (Phi) is 6.29. The van der Waals surface area contributed by atoms with Crippen molar-refractivity contribution in [2.24, 2.45) is 22.7 Å². The topological polar surface area (TPSA) is 71.7 Å². The number of ether oxygens (including phenoxy) is 1. The van der Waals surface area contributed by atoms with E-state index in [-0.39, 0.29) is 0 Å². The minimum absolute atomic E-state index is 0.488. The van der Waals surface area contributed by atoms with Crippen LogP contribution in [0.2, 0.25) is 0 Å². The van der Waals surface area contributed by atoms with Crippen LogP contribution in [-0.2, 0) is 4.74 Å². The van der Waals surface area contributed by atoms with Crippen molar-refractivity contribution in [2.45, 2.75) is 39.2 Å². The van der Waals surface area contributed by atoms with E-state index in [4.69, 9.17) is 10.6 Å². The van der Waals surface area contributed by atoms with Crippen molar-refractivity contribution in [2.75, 3.05) is 20.3 Å². The summed E-state index contributed by atoms with van der Waals surface area (Å²) in [4.78, 5) is 4.39. The van der Waals surface area contributed by atoms with Crippen LogP contribution in [0, 0.1) is 11.8 Å². The van der Waals surface area contributed by atoms with Gasteiger partial charge in [0, 0.05) is 26.3 Å². The van der Waals surface area contributed by atoms with Gasteiger partial charge in [-0.15, -0.1) is 0 Å². The van der Waals surface area contributed by atoms with Gasteiger partial charge in [0.1, 0.15) is 0 Å². The Morgan fingerprint density at radius 1 is 1.41 bits per heavy atom. The van der Waals surface area contributed by atoms with Gasteiger partial charge in [-0.25, -0.2) is 5.84 Å². The van der Waals surface area contributed by atoms with Crippen LogP contribution in [0.5, 0.6) is 0 Å². The van der Waals surface area contributed by atoms with Gasteiger partial charge in [-0.2, -0.15) is 0 Å². The van der Waals surface area contributed by atoms with Crippen LogP contribution in [-0.4, -0.2) is 32.3 Å². The Labute approximate surface area is 104 Å². The number of methoxy groups -OCH3 is 1. The lowest BCUT2D eigenvalue weighted by Gasteiger charge is -2.21. The summed E-state index contributed by atoms with van der Waals surface area (Å²) >= 11 is 0. The van der Waals surface area contributed by atoms with E-state index in [1.807, 2.05) is 0 Å². The van der Waals surface area contributed by atoms with Crippen LogP contribution in [0.3, 0.4) is 0 Å². The van der Waals surface area contributed by atoms with E-state index < -0.39 is 0 Å². The summed E-state index contributed by atoms with van der Waals surface area (Å²) in [6.07, 6.45) is 3.39. The lowest BCUT2D eigenvalue weighted by atomic mass is 9.98. The number of hydrogen-bond donors (Lipinski definition) is 3. The molecule has 1 aliphatic carbocycles. The third-order valence-electron chi connectivity index (χ3n) is 3.70. The molecule has 3 atom stereocenters. The maximum Gasteiger partial charge on any atom is 0.205 e. The Balaban J connectivity index is 2.35. The van der Waals surface area contributed by atoms with Crippen LogP contribution in [0.25, 0.3) is 0 Å². The fourth-order valence-electron chi connectivity index (χ4n) is 2.28. The van der Waals surface area contributed by atoms with Gasteiger partial charge in [-0.05, 0) is 31.1 Å². The first kappa shape index (κ1) is 14.3. The molecule has 3 unspecified atom stereocenters. The second-order valence-electron chi connectivity index (χ2n) is 4.89. The molecule has 4 N–H and O–H groups in total. The van der Waals surface area contributed by atoms with Gasteiger partial charge in [0.2, 0.25) is 5.96 Å². The van der Waals surface area contributed by atoms with Gasteiger partial charge in [0.05, 0.1) is 0 Å². The number of hydrogen-bond acceptors (Lipinski definition) is 3. The van der Waals surface area contributed by atoms with E-state index >= 15 is 0 Å². The van der Waals surface area contributed by atoms with Crippen molar-refractivity contribution < 1.29 is 4.74 Å². The number of nitrogens with zero attached hydrogens (tertiary/aromatic N) is 1. The second-order valence-corrected chi connectivity index (χ2v) is 4.89. The number of rotatable bonds is 5. The highest BCUT2D eigenvalue weighted by Crippen LogP contribution is 2.30. The zero-order chi connectivity index (χ0) is 12.7. The standard InChI is InChI=1S/C12H26N4O/c1-9-5-6-11(10(9)2)15-12(16-13)14-7-4-8-17-3/h9-11H,4-8,13H2,1-3H3,(H2,14,15,16). The Morgan fingerprint density at radius 2 is 2.18 bits per heavy atom. The van der Waals surface area contributed by atoms with E-state index in [0.29, 0.717) is 17.9 Å². The SMILES string of the molecule is COCCCN=C(NN)NC1CCC(C)C1C. The molecule has 100 valence electrons. The highest BCUT2D eigenvalue weighted by atomic mass is 16.5. The monoisotopic (exact) mass is 242 g/mol. The summed E-state index contributed by atoms with van der Waals surface area (Å²) in [7, 11) is 1.70. The summed E-state index contributed by atoms with van der Waals surface area (Å²) in [6, 6.07) is 0.488. The molecule has 1 aliphatic rings. The fourth-order valence-corrected chi connectivity index (χ4v) is 2.28. The molecule has 0 amide bonds. The first-order valence-electron chi connectivity index (χ1n) is 6.45. The van der Waals surface area contributed by atoms with Crippen molar-refractivity contribution in [1.29, 1.82) is 0 Å². The van der Waals surface area contributed by atoms with Crippen LogP contribution in [0.1, 0.15) is 33.1 Å². The highest BCUT2D eigenvalue weighted by Gasteiger charge is 2.30. The first-order valence-corrected chi connectivity index (χ1v) is 6.45. The van der Waals surface area contributed by atoms with Crippen molar-refractivity contribution >= 4 is 5.96 Å². The zero-order valence-corrected chi connectivity index (χ0v) is 11.2. The molecule has 0 aliphatic heterocycles. The zero-order valence-electron chi connectivity index (χ0n) is 11.2. The molecule has 0 heterocycles.